The molecule has 0 amide bonds. The number of thioether (sulfide) groups is 1. The van der Waals surface area contributed by atoms with Crippen molar-refractivity contribution in [2.24, 2.45) is 0 Å². The summed E-state index contributed by atoms with van der Waals surface area (Å²) in [4.78, 5) is 11.0. The van der Waals surface area contributed by atoms with Crippen molar-refractivity contribution in [3.05, 3.63) is 35.6 Å². The molecule has 0 aliphatic carbocycles. The number of carbonyl (C=O) groups is 1. The van der Waals surface area contributed by atoms with Crippen LogP contribution in [0.5, 0.6) is 0 Å². The van der Waals surface area contributed by atoms with E-state index >= 15 is 0 Å². The summed E-state index contributed by atoms with van der Waals surface area (Å²) >= 11 is 1.69. The fourth-order valence-electron chi connectivity index (χ4n) is 1.42. The van der Waals surface area contributed by atoms with Gasteiger partial charge in [0.2, 0.25) is 0 Å². The van der Waals surface area contributed by atoms with Gasteiger partial charge in [0.05, 0.1) is 6.10 Å². The number of ether oxygens (including phenoxy) is 1. The Bertz CT molecular complexity index is 351. The quantitative estimate of drug-likeness (QED) is 0.750. The summed E-state index contributed by atoms with van der Waals surface area (Å²) in [5.74, 6) is 1.50. The van der Waals surface area contributed by atoms with Crippen molar-refractivity contribution in [1.82, 2.24) is 0 Å². The minimum absolute atomic E-state index is 0.0297. The monoisotopic (exact) mass is 256 g/mol. The summed E-state index contributed by atoms with van der Waals surface area (Å²) in [7, 11) is 1.62. The normalized spacial score (nSPS) is 12.4. The molecule has 94 valence electrons. The second-order valence-electron chi connectivity index (χ2n) is 3.91. The molecule has 17 heavy (non-hydrogen) atoms. The van der Waals surface area contributed by atoms with Crippen LogP contribution in [0, 0.1) is 5.82 Å². The zero-order valence-corrected chi connectivity index (χ0v) is 10.9. The van der Waals surface area contributed by atoms with Crippen molar-refractivity contribution in [1.29, 1.82) is 0 Å². The molecule has 0 aliphatic heterocycles. The van der Waals surface area contributed by atoms with Crippen LogP contribution in [-0.2, 0) is 15.3 Å². The molecule has 0 saturated carbocycles. The molecule has 1 atom stereocenters. The Labute approximate surface area is 106 Å². The zero-order valence-electron chi connectivity index (χ0n) is 10.1. The fourth-order valence-corrected chi connectivity index (χ4v) is 2.48. The average Bonchev–Trinajstić information content (AvgIpc) is 2.30. The van der Waals surface area contributed by atoms with E-state index < -0.39 is 0 Å². The van der Waals surface area contributed by atoms with Crippen molar-refractivity contribution in [2.75, 3.05) is 12.9 Å². The lowest BCUT2D eigenvalue weighted by Crippen LogP contribution is -2.17. The lowest BCUT2D eigenvalue weighted by atomic mass is 10.2. The largest absolute Gasteiger partial charge is 0.380 e. The molecular formula is C13H17FO2S. The standard InChI is InChI=1S/C13H17FO2S/c1-10(15)7-13(16-2)9-17-8-11-3-5-12(14)6-4-11/h3-6,13H,7-9H2,1-2H3. The molecule has 1 rings (SSSR count). The van der Waals surface area contributed by atoms with Crippen LogP contribution < -0.4 is 0 Å². The Morgan fingerprint density at radius 3 is 2.59 bits per heavy atom. The SMILES string of the molecule is COC(CSCc1ccc(F)cc1)CC(C)=O. The molecular weight excluding hydrogens is 239 g/mol. The van der Waals surface area contributed by atoms with Crippen molar-refractivity contribution >= 4 is 17.5 Å². The van der Waals surface area contributed by atoms with Crippen LogP contribution in [-0.4, -0.2) is 24.7 Å². The third kappa shape index (κ3) is 5.84. The minimum atomic E-state index is -0.218. The Morgan fingerprint density at radius 1 is 1.41 bits per heavy atom. The number of Topliss-reactive ketones (excluding diaryl/α,β-unsaturated/α-hetero) is 1. The molecule has 0 heterocycles. The molecule has 1 aromatic rings. The minimum Gasteiger partial charge on any atom is -0.380 e. The maximum absolute atomic E-state index is 12.7. The van der Waals surface area contributed by atoms with Gasteiger partial charge in [-0.15, -0.1) is 0 Å². The summed E-state index contributed by atoms with van der Waals surface area (Å²) in [5, 5.41) is 0. The first kappa shape index (κ1) is 14.2. The highest BCUT2D eigenvalue weighted by Crippen LogP contribution is 2.16. The molecule has 2 nitrogen and oxygen atoms in total. The topological polar surface area (TPSA) is 26.3 Å². The number of rotatable bonds is 7. The number of ketones is 1. The first-order chi connectivity index (χ1) is 8.11. The van der Waals surface area contributed by atoms with Gasteiger partial charge in [0, 0.05) is 25.0 Å². The van der Waals surface area contributed by atoms with Gasteiger partial charge in [-0.25, -0.2) is 4.39 Å². The van der Waals surface area contributed by atoms with Crippen LogP contribution >= 0.6 is 11.8 Å². The second kappa shape index (κ2) is 7.45. The van der Waals surface area contributed by atoms with Gasteiger partial charge in [-0.2, -0.15) is 11.8 Å². The van der Waals surface area contributed by atoms with E-state index in [9.17, 15) is 9.18 Å². The molecule has 1 aromatic carbocycles. The molecule has 1 unspecified atom stereocenters. The first-order valence-corrected chi connectivity index (χ1v) is 6.61. The molecule has 0 aromatic heterocycles. The lowest BCUT2D eigenvalue weighted by Gasteiger charge is -2.12. The van der Waals surface area contributed by atoms with Crippen molar-refractivity contribution in [3.8, 4) is 0 Å². The van der Waals surface area contributed by atoms with Gasteiger partial charge in [0.25, 0.3) is 0 Å². The fraction of sp³-hybridized carbons (Fsp3) is 0.462. The van der Waals surface area contributed by atoms with Crippen molar-refractivity contribution < 1.29 is 13.9 Å². The van der Waals surface area contributed by atoms with Crippen molar-refractivity contribution in [3.63, 3.8) is 0 Å². The Morgan fingerprint density at radius 2 is 2.06 bits per heavy atom. The van der Waals surface area contributed by atoms with Gasteiger partial charge >= 0.3 is 0 Å². The molecule has 4 heteroatoms. The molecule has 0 spiro atoms. The second-order valence-corrected chi connectivity index (χ2v) is 4.94. The van der Waals surface area contributed by atoms with Crippen molar-refractivity contribution in [2.45, 2.75) is 25.2 Å². The van der Waals surface area contributed by atoms with Crippen LogP contribution in [0.1, 0.15) is 18.9 Å². The smallest absolute Gasteiger partial charge is 0.132 e. The van der Waals surface area contributed by atoms with E-state index in [0.29, 0.717) is 6.42 Å². The lowest BCUT2D eigenvalue weighted by molar-refractivity contribution is -0.119. The third-order valence-corrected chi connectivity index (χ3v) is 3.48. The Hall–Kier alpha value is -0.870. The zero-order chi connectivity index (χ0) is 12.7. The first-order valence-electron chi connectivity index (χ1n) is 5.46. The van der Waals surface area contributed by atoms with E-state index in [2.05, 4.69) is 0 Å². The maximum atomic E-state index is 12.7. The average molecular weight is 256 g/mol. The summed E-state index contributed by atoms with van der Waals surface area (Å²) in [6, 6.07) is 6.46. The number of halogens is 1. The Balaban J connectivity index is 2.30. The number of benzene rings is 1. The predicted octanol–water partition coefficient (Wildman–Crippen LogP) is 3.05. The van der Waals surface area contributed by atoms with Crippen LogP contribution in [0.2, 0.25) is 0 Å². The maximum Gasteiger partial charge on any atom is 0.132 e. The highest BCUT2D eigenvalue weighted by Gasteiger charge is 2.10. The van der Waals surface area contributed by atoms with Gasteiger partial charge in [-0.05, 0) is 24.6 Å². The van der Waals surface area contributed by atoms with E-state index in [1.54, 1.807) is 37.9 Å². The van der Waals surface area contributed by atoms with Gasteiger partial charge in [-0.1, -0.05) is 12.1 Å². The van der Waals surface area contributed by atoms with Gasteiger partial charge in [0.1, 0.15) is 11.6 Å². The van der Waals surface area contributed by atoms with E-state index in [-0.39, 0.29) is 17.7 Å². The predicted molar refractivity (Wildman–Crippen MR) is 68.7 cm³/mol. The van der Waals surface area contributed by atoms with Gasteiger partial charge in [-0.3, -0.25) is 4.79 Å². The summed E-state index contributed by atoms with van der Waals surface area (Å²) in [5.41, 5.74) is 1.08. The summed E-state index contributed by atoms with van der Waals surface area (Å²) < 4.78 is 17.9. The van der Waals surface area contributed by atoms with Gasteiger partial charge in [0.15, 0.2) is 0 Å². The number of hydrogen-bond donors (Lipinski definition) is 0. The van der Waals surface area contributed by atoms with Crippen LogP contribution in [0.3, 0.4) is 0 Å². The molecule has 0 N–H and O–H groups in total. The van der Waals surface area contributed by atoms with E-state index in [1.165, 1.54) is 12.1 Å². The van der Waals surface area contributed by atoms with Crippen LogP contribution in [0.4, 0.5) is 4.39 Å². The molecule has 0 bridgehead atoms. The van der Waals surface area contributed by atoms with Crippen LogP contribution in [0.25, 0.3) is 0 Å². The summed E-state index contributed by atoms with van der Waals surface area (Å²) in [6.45, 7) is 1.57. The third-order valence-electron chi connectivity index (χ3n) is 2.33. The number of carbonyl (C=O) groups excluding carboxylic acids is 1. The highest BCUT2D eigenvalue weighted by molar-refractivity contribution is 7.98. The molecule has 0 aliphatic rings. The van der Waals surface area contributed by atoms with E-state index in [0.717, 1.165) is 17.1 Å². The molecule has 0 saturated heterocycles. The molecule has 0 fully saturated rings. The molecule has 0 radical (unpaired) electrons. The Kier molecular flexibility index (Phi) is 6.22. The van der Waals surface area contributed by atoms with Crippen LogP contribution in [0.15, 0.2) is 24.3 Å². The highest BCUT2D eigenvalue weighted by atomic mass is 32.2. The van der Waals surface area contributed by atoms with E-state index in [1.807, 2.05) is 0 Å². The van der Waals surface area contributed by atoms with Gasteiger partial charge < -0.3 is 4.74 Å². The summed E-state index contributed by atoms with van der Waals surface area (Å²) in [6.07, 6.45) is 0.422. The number of methoxy groups -OCH3 is 1. The number of hydrogen-bond acceptors (Lipinski definition) is 3. The van der Waals surface area contributed by atoms with E-state index in [4.69, 9.17) is 4.74 Å².